The van der Waals surface area contributed by atoms with Gasteiger partial charge < -0.3 is 9.47 Å². The number of rotatable bonds is 11. The molecule has 0 bridgehead atoms. The van der Waals surface area contributed by atoms with Crippen molar-refractivity contribution < 1.29 is 23.1 Å². The Morgan fingerprint density at radius 1 is 0.865 bits per heavy atom. The molecule has 0 spiro atoms. The van der Waals surface area contributed by atoms with Gasteiger partial charge in [0.15, 0.2) is 11.5 Å². The molecular formula is C30H38NO5P. The lowest BCUT2D eigenvalue weighted by atomic mass is 9.89. The van der Waals surface area contributed by atoms with E-state index in [1.165, 1.54) is 0 Å². The molecule has 3 aromatic rings. The molecule has 0 saturated heterocycles. The molecule has 1 aliphatic rings. The Kier molecular flexibility index (Phi) is 9.09. The monoisotopic (exact) mass is 523 g/mol. The Morgan fingerprint density at radius 3 is 2.03 bits per heavy atom. The molecule has 7 heteroatoms. The molecule has 0 amide bonds. The number of methoxy groups -OCH3 is 1. The van der Waals surface area contributed by atoms with Gasteiger partial charge in [0.25, 0.3) is 0 Å². The van der Waals surface area contributed by atoms with Crippen LogP contribution in [0, 0.1) is 0 Å². The Labute approximate surface area is 221 Å². The number of benzene rings is 3. The molecule has 4 rings (SSSR count). The smallest absolute Gasteiger partial charge is 0.409 e. The molecule has 3 aromatic carbocycles. The van der Waals surface area contributed by atoms with Crippen LogP contribution in [0.4, 0.5) is 0 Å². The summed E-state index contributed by atoms with van der Waals surface area (Å²) in [5.74, 6) is 1.36. The fourth-order valence-corrected chi connectivity index (χ4v) is 6.98. The number of nitrogens with zero attached hydrogens (tertiary/aromatic N) is 1. The second kappa shape index (κ2) is 12.3. The molecule has 0 N–H and O–H groups in total. The lowest BCUT2D eigenvalue weighted by Crippen LogP contribution is -2.36. The zero-order valence-corrected chi connectivity index (χ0v) is 23.3. The maximum atomic E-state index is 14.3. The molecule has 1 heterocycles. The van der Waals surface area contributed by atoms with Crippen LogP contribution < -0.4 is 9.47 Å². The average molecular weight is 524 g/mol. The molecule has 1 aliphatic heterocycles. The first-order chi connectivity index (χ1) is 17.8. The summed E-state index contributed by atoms with van der Waals surface area (Å²) in [6, 6.07) is 24.2. The first-order valence-electron chi connectivity index (χ1n) is 12.9. The van der Waals surface area contributed by atoms with Crippen molar-refractivity contribution in [2.24, 2.45) is 0 Å². The Hall–Kier alpha value is -2.63. The standard InChI is InChI=1S/C30H38NO5P/c1-22(2)35-37(32,36-23(3)4)31-17-16-26-19-30(34-21-25-14-10-7-11-15-25)29(33-5)20-27(26)28(31)18-24-12-8-6-9-13-24/h6-15,19-20,22-23,28H,16-18,21H2,1-5H3. The van der Waals surface area contributed by atoms with Crippen molar-refractivity contribution >= 4 is 7.75 Å². The Bertz CT molecular complexity index is 1190. The van der Waals surface area contributed by atoms with Crippen LogP contribution in [0.1, 0.15) is 56.0 Å². The van der Waals surface area contributed by atoms with Gasteiger partial charge >= 0.3 is 7.75 Å². The zero-order chi connectivity index (χ0) is 26.4. The number of hydrogen-bond acceptors (Lipinski definition) is 5. The molecule has 6 nitrogen and oxygen atoms in total. The van der Waals surface area contributed by atoms with Crippen molar-refractivity contribution in [2.45, 2.75) is 65.4 Å². The van der Waals surface area contributed by atoms with Gasteiger partial charge in [-0.2, -0.15) is 0 Å². The normalized spacial score (nSPS) is 16.1. The van der Waals surface area contributed by atoms with Crippen LogP contribution in [0.2, 0.25) is 0 Å². The molecule has 0 aliphatic carbocycles. The van der Waals surface area contributed by atoms with Gasteiger partial charge in [-0.25, -0.2) is 9.24 Å². The highest BCUT2D eigenvalue weighted by atomic mass is 31.2. The molecule has 198 valence electrons. The minimum absolute atomic E-state index is 0.216. The molecule has 0 fully saturated rings. The lowest BCUT2D eigenvalue weighted by Gasteiger charge is -2.41. The minimum atomic E-state index is -3.58. The third-order valence-corrected chi connectivity index (χ3v) is 8.75. The maximum absolute atomic E-state index is 14.3. The summed E-state index contributed by atoms with van der Waals surface area (Å²) in [5, 5.41) is 0. The highest BCUT2D eigenvalue weighted by Gasteiger charge is 2.43. The number of fused-ring (bicyclic) bond motifs is 1. The van der Waals surface area contributed by atoms with Crippen LogP contribution in [-0.2, 0) is 33.1 Å². The zero-order valence-electron chi connectivity index (χ0n) is 22.4. The minimum Gasteiger partial charge on any atom is -0.493 e. The van der Waals surface area contributed by atoms with E-state index in [9.17, 15) is 4.57 Å². The maximum Gasteiger partial charge on any atom is 0.409 e. The summed E-state index contributed by atoms with van der Waals surface area (Å²) in [6.45, 7) is 8.56. The van der Waals surface area contributed by atoms with Gasteiger partial charge in [0, 0.05) is 12.6 Å². The first-order valence-corrected chi connectivity index (χ1v) is 14.4. The lowest BCUT2D eigenvalue weighted by molar-refractivity contribution is 0.0910. The van der Waals surface area contributed by atoms with Crippen LogP contribution in [0.15, 0.2) is 72.8 Å². The predicted molar refractivity (Wildman–Crippen MR) is 147 cm³/mol. The van der Waals surface area contributed by atoms with E-state index in [1.807, 2.05) is 87.0 Å². The molecular weight excluding hydrogens is 485 g/mol. The van der Waals surface area contributed by atoms with Gasteiger partial charge in [-0.1, -0.05) is 60.7 Å². The summed E-state index contributed by atoms with van der Waals surface area (Å²) in [6.07, 6.45) is 0.867. The van der Waals surface area contributed by atoms with Crippen molar-refractivity contribution in [3.8, 4) is 11.5 Å². The van der Waals surface area contributed by atoms with E-state index in [-0.39, 0.29) is 18.2 Å². The van der Waals surface area contributed by atoms with E-state index >= 15 is 0 Å². The van der Waals surface area contributed by atoms with Crippen LogP contribution in [-0.4, -0.2) is 30.5 Å². The van der Waals surface area contributed by atoms with E-state index in [0.717, 1.165) is 22.3 Å². The van der Waals surface area contributed by atoms with Gasteiger partial charge in [0.2, 0.25) is 0 Å². The van der Waals surface area contributed by atoms with E-state index < -0.39 is 7.75 Å². The van der Waals surface area contributed by atoms with Crippen molar-refractivity contribution in [3.05, 3.63) is 95.1 Å². The summed E-state index contributed by atoms with van der Waals surface area (Å²) >= 11 is 0. The molecule has 1 atom stereocenters. The average Bonchev–Trinajstić information content (AvgIpc) is 2.87. The summed E-state index contributed by atoms with van der Waals surface area (Å²) in [7, 11) is -1.93. The van der Waals surface area contributed by atoms with Crippen LogP contribution in [0.5, 0.6) is 11.5 Å². The number of ether oxygens (including phenoxy) is 2. The third-order valence-electron chi connectivity index (χ3n) is 6.27. The van der Waals surface area contributed by atoms with Gasteiger partial charge in [0.05, 0.1) is 19.3 Å². The molecule has 0 radical (unpaired) electrons. The van der Waals surface area contributed by atoms with Crippen molar-refractivity contribution in [1.82, 2.24) is 4.67 Å². The quantitative estimate of drug-likeness (QED) is 0.245. The van der Waals surface area contributed by atoms with E-state index in [2.05, 4.69) is 18.2 Å². The van der Waals surface area contributed by atoms with E-state index in [1.54, 1.807) is 7.11 Å². The van der Waals surface area contributed by atoms with Crippen LogP contribution in [0.3, 0.4) is 0 Å². The Balaban J connectivity index is 1.73. The van der Waals surface area contributed by atoms with E-state index in [0.29, 0.717) is 37.5 Å². The van der Waals surface area contributed by atoms with Crippen LogP contribution >= 0.6 is 7.75 Å². The molecule has 0 aromatic heterocycles. The fourth-order valence-electron chi connectivity index (χ4n) is 4.73. The van der Waals surface area contributed by atoms with Gasteiger partial charge in [-0.15, -0.1) is 0 Å². The number of hydrogen-bond donors (Lipinski definition) is 0. The first kappa shape index (κ1) is 27.4. The highest BCUT2D eigenvalue weighted by molar-refractivity contribution is 7.51. The highest BCUT2D eigenvalue weighted by Crippen LogP contribution is 2.59. The third kappa shape index (κ3) is 6.82. The molecule has 0 saturated carbocycles. The largest absolute Gasteiger partial charge is 0.493 e. The summed E-state index contributed by atoms with van der Waals surface area (Å²) in [5.41, 5.74) is 4.45. The van der Waals surface area contributed by atoms with E-state index in [4.69, 9.17) is 18.5 Å². The van der Waals surface area contributed by atoms with Crippen molar-refractivity contribution in [1.29, 1.82) is 0 Å². The topological polar surface area (TPSA) is 57.2 Å². The summed E-state index contributed by atoms with van der Waals surface area (Å²) in [4.78, 5) is 0. The molecule has 37 heavy (non-hydrogen) atoms. The van der Waals surface area contributed by atoms with Crippen molar-refractivity contribution in [3.63, 3.8) is 0 Å². The van der Waals surface area contributed by atoms with Gasteiger partial charge in [-0.05, 0) is 74.9 Å². The summed E-state index contributed by atoms with van der Waals surface area (Å²) < 4.78 is 40.3. The van der Waals surface area contributed by atoms with Gasteiger partial charge in [-0.3, -0.25) is 9.05 Å². The SMILES string of the molecule is COc1cc2c(cc1OCc1ccccc1)CCN(P(=O)(OC(C)C)OC(C)C)C2Cc1ccccc1. The second-order valence-corrected chi connectivity index (χ2v) is 11.7. The predicted octanol–water partition coefficient (Wildman–Crippen LogP) is 7.37. The second-order valence-electron chi connectivity index (χ2n) is 9.87. The Morgan fingerprint density at radius 2 is 1.46 bits per heavy atom. The van der Waals surface area contributed by atoms with Gasteiger partial charge in [0.1, 0.15) is 6.61 Å². The molecule has 1 unspecified atom stereocenters. The van der Waals surface area contributed by atoms with Crippen LogP contribution in [0.25, 0.3) is 0 Å². The van der Waals surface area contributed by atoms with Crippen molar-refractivity contribution in [2.75, 3.05) is 13.7 Å². The fraction of sp³-hybridized carbons (Fsp3) is 0.400.